The number of carboxylic acids is 1. The van der Waals surface area contributed by atoms with Gasteiger partial charge in [0.1, 0.15) is 11.5 Å². The average Bonchev–Trinajstić information content (AvgIpc) is 2.60. The van der Waals surface area contributed by atoms with Crippen LogP contribution in [0.2, 0.25) is 0 Å². The molecule has 0 heterocycles. The average molecular weight is 327 g/mol. The molecule has 0 atom stereocenters. The van der Waals surface area contributed by atoms with E-state index in [2.05, 4.69) is 5.32 Å². The number of aliphatic carboxylic acids is 1. The normalized spacial score (nSPS) is 10.4. The highest BCUT2D eigenvalue weighted by Crippen LogP contribution is 2.16. The summed E-state index contributed by atoms with van der Waals surface area (Å²) in [4.78, 5) is 22.3. The van der Waals surface area contributed by atoms with Crippen LogP contribution in [0, 0.1) is 0 Å². The highest BCUT2D eigenvalue weighted by molar-refractivity contribution is 6.01. The van der Waals surface area contributed by atoms with Gasteiger partial charge >= 0.3 is 5.97 Å². The Balaban J connectivity index is 1.89. The fraction of sp³-hybridized carbons (Fsp3) is 0.111. The van der Waals surface area contributed by atoms with Gasteiger partial charge in [-0.15, -0.1) is 0 Å². The molecule has 0 saturated heterocycles. The molecule has 124 valence electrons. The van der Waals surface area contributed by atoms with Crippen LogP contribution in [0.15, 0.2) is 54.6 Å². The van der Waals surface area contributed by atoms with Crippen LogP contribution in [0.4, 0.5) is 5.69 Å². The zero-order chi connectivity index (χ0) is 17.4. The minimum absolute atomic E-state index is 0.273. The van der Waals surface area contributed by atoms with Gasteiger partial charge in [-0.05, 0) is 48.0 Å². The largest absolute Gasteiger partial charge is 0.497 e. The third-order valence-electron chi connectivity index (χ3n) is 3.03. The third-order valence-corrected chi connectivity index (χ3v) is 3.03. The van der Waals surface area contributed by atoms with Crippen LogP contribution < -0.4 is 14.8 Å². The molecule has 0 aromatic heterocycles. The second-order valence-corrected chi connectivity index (χ2v) is 4.80. The lowest BCUT2D eigenvalue weighted by Gasteiger charge is -2.05. The number of hydrogen-bond acceptors (Lipinski definition) is 4. The first-order valence-corrected chi connectivity index (χ1v) is 7.14. The summed E-state index contributed by atoms with van der Waals surface area (Å²) < 4.78 is 10.1. The highest BCUT2D eigenvalue weighted by atomic mass is 16.5. The molecule has 0 aliphatic heterocycles. The summed E-state index contributed by atoms with van der Waals surface area (Å²) in [6.45, 7) is -0.406. The van der Waals surface area contributed by atoms with Crippen LogP contribution in [0.5, 0.6) is 11.5 Å². The Hall–Kier alpha value is -3.28. The fourth-order valence-electron chi connectivity index (χ4n) is 1.85. The molecule has 0 fully saturated rings. The van der Waals surface area contributed by atoms with E-state index in [4.69, 9.17) is 14.6 Å². The van der Waals surface area contributed by atoms with E-state index in [1.165, 1.54) is 6.08 Å². The summed E-state index contributed by atoms with van der Waals surface area (Å²) >= 11 is 0. The summed E-state index contributed by atoms with van der Waals surface area (Å²) in [5.41, 5.74) is 1.46. The lowest BCUT2D eigenvalue weighted by molar-refractivity contribution is -0.139. The van der Waals surface area contributed by atoms with Crippen molar-refractivity contribution in [3.05, 3.63) is 60.2 Å². The molecule has 24 heavy (non-hydrogen) atoms. The molecule has 0 saturated carbocycles. The Morgan fingerprint density at radius 2 is 1.67 bits per heavy atom. The number of methoxy groups -OCH3 is 1. The Kier molecular flexibility index (Phi) is 5.96. The van der Waals surface area contributed by atoms with Crippen molar-refractivity contribution in [3.63, 3.8) is 0 Å². The molecule has 1 amide bonds. The maximum Gasteiger partial charge on any atom is 0.341 e. The van der Waals surface area contributed by atoms with Crippen LogP contribution >= 0.6 is 0 Å². The zero-order valence-corrected chi connectivity index (χ0v) is 13.1. The van der Waals surface area contributed by atoms with Gasteiger partial charge in [0.05, 0.1) is 7.11 Å². The van der Waals surface area contributed by atoms with Gasteiger partial charge < -0.3 is 19.9 Å². The number of amides is 1. The van der Waals surface area contributed by atoms with Gasteiger partial charge in [-0.25, -0.2) is 4.79 Å². The first-order chi connectivity index (χ1) is 11.6. The van der Waals surface area contributed by atoms with Crippen molar-refractivity contribution in [1.29, 1.82) is 0 Å². The predicted molar refractivity (Wildman–Crippen MR) is 90.2 cm³/mol. The van der Waals surface area contributed by atoms with Crippen molar-refractivity contribution < 1.29 is 24.2 Å². The van der Waals surface area contributed by atoms with Gasteiger partial charge in [-0.3, -0.25) is 4.79 Å². The van der Waals surface area contributed by atoms with Crippen LogP contribution in [-0.4, -0.2) is 30.7 Å². The van der Waals surface area contributed by atoms with E-state index >= 15 is 0 Å². The van der Waals surface area contributed by atoms with Gasteiger partial charge in [0.15, 0.2) is 6.61 Å². The molecule has 6 nitrogen and oxygen atoms in total. The van der Waals surface area contributed by atoms with Gasteiger partial charge in [0, 0.05) is 11.8 Å². The molecule has 0 radical (unpaired) electrons. The molecule has 2 aromatic carbocycles. The molecule has 0 bridgehead atoms. The van der Waals surface area contributed by atoms with Gasteiger partial charge in [-0.1, -0.05) is 12.1 Å². The molecular formula is C18H17NO5. The number of rotatable bonds is 7. The van der Waals surface area contributed by atoms with Crippen molar-refractivity contribution >= 4 is 23.6 Å². The zero-order valence-electron chi connectivity index (χ0n) is 13.1. The van der Waals surface area contributed by atoms with E-state index < -0.39 is 12.6 Å². The predicted octanol–water partition coefficient (Wildman–Crippen LogP) is 2.81. The number of carbonyl (C=O) groups excluding carboxylic acids is 1. The van der Waals surface area contributed by atoms with Crippen molar-refractivity contribution in [3.8, 4) is 11.5 Å². The van der Waals surface area contributed by atoms with Crippen LogP contribution in [-0.2, 0) is 9.59 Å². The lowest BCUT2D eigenvalue weighted by atomic mass is 10.2. The summed E-state index contributed by atoms with van der Waals surface area (Å²) in [5, 5.41) is 11.2. The van der Waals surface area contributed by atoms with Crippen molar-refractivity contribution in [2.75, 3.05) is 19.0 Å². The SMILES string of the molecule is COc1ccc(/C=C/C(=O)Nc2ccc(OCC(=O)O)cc2)cc1. The van der Waals surface area contributed by atoms with Crippen LogP contribution in [0.3, 0.4) is 0 Å². The van der Waals surface area contributed by atoms with Crippen molar-refractivity contribution in [2.24, 2.45) is 0 Å². The summed E-state index contributed by atoms with van der Waals surface area (Å²) in [5.74, 6) is -0.146. The first-order valence-electron chi connectivity index (χ1n) is 7.14. The molecule has 0 unspecified atom stereocenters. The fourth-order valence-corrected chi connectivity index (χ4v) is 1.85. The topological polar surface area (TPSA) is 84.9 Å². The van der Waals surface area contributed by atoms with Crippen molar-refractivity contribution in [1.82, 2.24) is 0 Å². The molecule has 0 aliphatic rings. The Morgan fingerprint density at radius 3 is 2.25 bits per heavy atom. The van der Waals surface area contributed by atoms with Crippen LogP contribution in [0.1, 0.15) is 5.56 Å². The third kappa shape index (κ3) is 5.49. The Bertz CT molecular complexity index is 720. The monoisotopic (exact) mass is 327 g/mol. The Labute approximate surface area is 139 Å². The second kappa shape index (κ2) is 8.38. The number of benzene rings is 2. The minimum atomic E-state index is -1.05. The molecule has 2 rings (SSSR count). The summed E-state index contributed by atoms with van der Waals surface area (Å²) in [6, 6.07) is 13.8. The van der Waals surface area contributed by atoms with E-state index in [1.807, 2.05) is 24.3 Å². The van der Waals surface area contributed by atoms with E-state index in [0.717, 1.165) is 11.3 Å². The standard InChI is InChI=1S/C18H17NO5/c1-23-15-7-2-13(3-8-15)4-11-17(20)19-14-5-9-16(10-6-14)24-12-18(21)22/h2-11H,12H2,1H3,(H,19,20)(H,21,22)/b11-4+. The van der Waals surface area contributed by atoms with Crippen LogP contribution in [0.25, 0.3) is 6.08 Å². The minimum Gasteiger partial charge on any atom is -0.497 e. The van der Waals surface area contributed by atoms with Crippen molar-refractivity contribution in [2.45, 2.75) is 0 Å². The van der Waals surface area contributed by atoms with E-state index in [1.54, 1.807) is 37.5 Å². The Morgan fingerprint density at radius 1 is 1.04 bits per heavy atom. The maximum atomic E-state index is 11.9. The molecular weight excluding hydrogens is 310 g/mol. The van der Waals surface area contributed by atoms with E-state index in [0.29, 0.717) is 11.4 Å². The molecule has 0 spiro atoms. The smallest absolute Gasteiger partial charge is 0.341 e. The van der Waals surface area contributed by atoms with Gasteiger partial charge in [0.25, 0.3) is 0 Å². The number of anilines is 1. The number of ether oxygens (including phenoxy) is 2. The number of carbonyl (C=O) groups is 2. The summed E-state index contributed by atoms with van der Waals surface area (Å²) in [7, 11) is 1.59. The number of nitrogens with one attached hydrogen (secondary N) is 1. The molecule has 0 aliphatic carbocycles. The molecule has 6 heteroatoms. The van der Waals surface area contributed by atoms with Gasteiger partial charge in [-0.2, -0.15) is 0 Å². The molecule has 2 N–H and O–H groups in total. The highest BCUT2D eigenvalue weighted by Gasteiger charge is 2.01. The lowest BCUT2D eigenvalue weighted by Crippen LogP contribution is -2.10. The van der Waals surface area contributed by atoms with E-state index in [-0.39, 0.29) is 5.91 Å². The molecule has 2 aromatic rings. The second-order valence-electron chi connectivity index (χ2n) is 4.80. The quantitative estimate of drug-likeness (QED) is 0.764. The first kappa shape index (κ1) is 17.1. The maximum absolute atomic E-state index is 11.9. The number of carboxylic acid groups (broad SMARTS) is 1. The number of hydrogen-bond donors (Lipinski definition) is 2. The summed E-state index contributed by atoms with van der Waals surface area (Å²) in [6.07, 6.45) is 3.12. The van der Waals surface area contributed by atoms with Gasteiger partial charge in [0.2, 0.25) is 5.91 Å². The van der Waals surface area contributed by atoms with E-state index in [9.17, 15) is 9.59 Å².